The first kappa shape index (κ1) is 17.5. The number of imidazole rings is 1. The number of carbonyl (C=O) groups excluding carboxylic acids is 2. The summed E-state index contributed by atoms with van der Waals surface area (Å²) in [6, 6.07) is 13.1. The van der Waals surface area contributed by atoms with Crippen LogP contribution >= 0.6 is 0 Å². The summed E-state index contributed by atoms with van der Waals surface area (Å²) in [7, 11) is 0. The Labute approximate surface area is 167 Å². The second kappa shape index (κ2) is 6.80. The smallest absolute Gasteiger partial charge is 0.232 e. The molecule has 0 saturated carbocycles. The highest BCUT2D eigenvalue weighted by Crippen LogP contribution is 2.37. The minimum Gasteiger partial charge on any atom is -0.454 e. The molecule has 3 aromatic rings. The molecule has 2 aliphatic rings. The third kappa shape index (κ3) is 2.97. The normalized spacial score (nSPS) is 17.9. The Morgan fingerprint density at radius 1 is 1.21 bits per heavy atom. The fourth-order valence-corrected chi connectivity index (χ4v) is 3.89. The van der Waals surface area contributed by atoms with Crippen LogP contribution in [0.1, 0.15) is 13.3 Å². The van der Waals surface area contributed by atoms with Gasteiger partial charge in [0, 0.05) is 31.3 Å². The van der Waals surface area contributed by atoms with E-state index in [1.54, 1.807) is 17.0 Å². The van der Waals surface area contributed by atoms with Gasteiger partial charge in [-0.2, -0.15) is 0 Å². The fourth-order valence-electron chi connectivity index (χ4n) is 3.89. The first-order chi connectivity index (χ1) is 14.1. The lowest BCUT2D eigenvalue weighted by atomic mass is 10.1. The van der Waals surface area contributed by atoms with E-state index < -0.39 is 5.92 Å². The van der Waals surface area contributed by atoms with Crippen molar-refractivity contribution in [3.05, 3.63) is 42.5 Å². The number of aryl methyl sites for hydroxylation is 1. The van der Waals surface area contributed by atoms with Gasteiger partial charge in [0.2, 0.25) is 24.6 Å². The van der Waals surface area contributed by atoms with Crippen molar-refractivity contribution in [2.24, 2.45) is 5.92 Å². The van der Waals surface area contributed by atoms with E-state index in [2.05, 4.69) is 10.3 Å². The maximum atomic E-state index is 12.9. The molecule has 2 aromatic carbocycles. The van der Waals surface area contributed by atoms with Crippen molar-refractivity contribution in [1.29, 1.82) is 0 Å². The number of benzene rings is 2. The number of hydrogen-bond acceptors (Lipinski definition) is 5. The lowest BCUT2D eigenvalue weighted by Crippen LogP contribution is -2.28. The monoisotopic (exact) mass is 392 g/mol. The van der Waals surface area contributed by atoms with Gasteiger partial charge in [-0.05, 0) is 31.2 Å². The summed E-state index contributed by atoms with van der Waals surface area (Å²) in [6.07, 6.45) is 0.159. The van der Waals surface area contributed by atoms with E-state index in [1.807, 2.05) is 41.8 Å². The van der Waals surface area contributed by atoms with Gasteiger partial charge in [0.25, 0.3) is 0 Å². The minimum absolute atomic E-state index is 0.0898. The third-order valence-corrected chi connectivity index (χ3v) is 5.37. The van der Waals surface area contributed by atoms with Gasteiger partial charge < -0.3 is 18.9 Å². The van der Waals surface area contributed by atoms with Crippen molar-refractivity contribution in [3.8, 4) is 11.5 Å². The highest BCUT2D eigenvalue weighted by Gasteiger charge is 2.36. The molecule has 3 heterocycles. The lowest BCUT2D eigenvalue weighted by molar-refractivity contribution is -0.122. The molecular formula is C21H20N4O4. The summed E-state index contributed by atoms with van der Waals surface area (Å²) < 4.78 is 12.7. The van der Waals surface area contributed by atoms with Gasteiger partial charge in [-0.25, -0.2) is 4.98 Å². The van der Waals surface area contributed by atoms with Crippen LogP contribution in [0, 0.1) is 5.92 Å². The summed E-state index contributed by atoms with van der Waals surface area (Å²) in [4.78, 5) is 31.6. The average molecular weight is 392 g/mol. The molecule has 5 rings (SSSR count). The molecule has 0 aliphatic carbocycles. The molecule has 1 fully saturated rings. The number of anilines is 2. The van der Waals surface area contributed by atoms with Crippen LogP contribution in [-0.4, -0.2) is 34.7 Å². The Hall–Kier alpha value is -3.55. The van der Waals surface area contributed by atoms with E-state index in [4.69, 9.17) is 9.47 Å². The predicted molar refractivity (Wildman–Crippen MR) is 107 cm³/mol. The van der Waals surface area contributed by atoms with Crippen molar-refractivity contribution >= 4 is 34.5 Å². The third-order valence-electron chi connectivity index (χ3n) is 5.37. The van der Waals surface area contributed by atoms with Crippen LogP contribution in [0.15, 0.2) is 42.5 Å². The highest BCUT2D eigenvalue weighted by atomic mass is 16.7. The molecule has 1 atom stereocenters. The SMILES string of the molecule is CCn1c(NC(=O)C2CC(=O)N(c3ccc4c(c3)OCO4)C2)nc2ccccc21. The van der Waals surface area contributed by atoms with Crippen molar-refractivity contribution in [2.75, 3.05) is 23.6 Å². The van der Waals surface area contributed by atoms with Gasteiger partial charge in [0.1, 0.15) is 0 Å². The maximum absolute atomic E-state index is 12.9. The Balaban J connectivity index is 1.34. The van der Waals surface area contributed by atoms with Crippen molar-refractivity contribution in [1.82, 2.24) is 9.55 Å². The van der Waals surface area contributed by atoms with Crippen LogP contribution in [0.3, 0.4) is 0 Å². The van der Waals surface area contributed by atoms with Gasteiger partial charge in [0.15, 0.2) is 11.5 Å². The molecule has 0 bridgehead atoms. The van der Waals surface area contributed by atoms with Gasteiger partial charge in [-0.15, -0.1) is 0 Å². The van der Waals surface area contributed by atoms with Crippen LogP contribution in [-0.2, 0) is 16.1 Å². The van der Waals surface area contributed by atoms with E-state index in [9.17, 15) is 9.59 Å². The van der Waals surface area contributed by atoms with Crippen molar-refractivity contribution in [2.45, 2.75) is 19.9 Å². The van der Waals surface area contributed by atoms with Crippen LogP contribution in [0.5, 0.6) is 11.5 Å². The number of nitrogens with zero attached hydrogens (tertiary/aromatic N) is 3. The van der Waals surface area contributed by atoms with Crippen molar-refractivity contribution < 1.29 is 19.1 Å². The largest absolute Gasteiger partial charge is 0.454 e. The molecule has 1 N–H and O–H groups in total. The molecule has 1 saturated heterocycles. The Bertz CT molecular complexity index is 1120. The Kier molecular flexibility index (Phi) is 4.12. The number of ether oxygens (including phenoxy) is 2. The second-order valence-corrected chi connectivity index (χ2v) is 7.10. The van der Waals surface area contributed by atoms with Gasteiger partial charge in [-0.3, -0.25) is 14.9 Å². The molecule has 1 unspecified atom stereocenters. The van der Waals surface area contributed by atoms with E-state index in [0.29, 0.717) is 36.2 Å². The van der Waals surface area contributed by atoms with E-state index in [1.165, 1.54) is 0 Å². The highest BCUT2D eigenvalue weighted by molar-refractivity contribution is 6.03. The van der Waals surface area contributed by atoms with E-state index in [-0.39, 0.29) is 25.0 Å². The first-order valence-corrected chi connectivity index (χ1v) is 9.60. The number of hydrogen-bond donors (Lipinski definition) is 1. The van der Waals surface area contributed by atoms with Crippen LogP contribution < -0.4 is 19.7 Å². The summed E-state index contributed by atoms with van der Waals surface area (Å²) >= 11 is 0. The van der Waals surface area contributed by atoms with E-state index in [0.717, 1.165) is 11.0 Å². The number of amides is 2. The Morgan fingerprint density at radius 3 is 2.90 bits per heavy atom. The van der Waals surface area contributed by atoms with Crippen molar-refractivity contribution in [3.63, 3.8) is 0 Å². The van der Waals surface area contributed by atoms with Gasteiger partial charge in [0.05, 0.1) is 17.0 Å². The molecule has 1 aromatic heterocycles. The molecule has 2 aliphatic heterocycles. The average Bonchev–Trinajstić information content (AvgIpc) is 3.43. The standard InChI is InChI=1S/C21H20N4O4/c1-2-24-16-6-4-3-5-15(16)22-21(24)23-20(27)13-9-19(26)25(11-13)14-7-8-17-18(10-14)29-12-28-17/h3-8,10,13H,2,9,11-12H2,1H3,(H,22,23,27). The molecule has 8 heteroatoms. The molecular weight excluding hydrogens is 372 g/mol. The van der Waals surface area contributed by atoms with Crippen LogP contribution in [0.4, 0.5) is 11.6 Å². The maximum Gasteiger partial charge on any atom is 0.232 e. The molecule has 29 heavy (non-hydrogen) atoms. The number of carbonyl (C=O) groups is 2. The number of aromatic nitrogens is 2. The number of fused-ring (bicyclic) bond motifs is 2. The molecule has 2 amide bonds. The summed E-state index contributed by atoms with van der Waals surface area (Å²) in [5.41, 5.74) is 2.50. The summed E-state index contributed by atoms with van der Waals surface area (Å²) in [6.45, 7) is 3.18. The number of rotatable bonds is 4. The number of para-hydroxylation sites is 2. The van der Waals surface area contributed by atoms with Crippen LogP contribution in [0.25, 0.3) is 11.0 Å². The van der Waals surface area contributed by atoms with Gasteiger partial charge in [-0.1, -0.05) is 12.1 Å². The summed E-state index contributed by atoms with van der Waals surface area (Å²) in [5, 5.41) is 2.92. The molecule has 148 valence electrons. The van der Waals surface area contributed by atoms with Crippen LogP contribution in [0.2, 0.25) is 0 Å². The quantitative estimate of drug-likeness (QED) is 0.738. The van der Waals surface area contributed by atoms with Gasteiger partial charge >= 0.3 is 0 Å². The molecule has 8 nitrogen and oxygen atoms in total. The zero-order valence-corrected chi connectivity index (χ0v) is 15.9. The zero-order chi connectivity index (χ0) is 20.0. The summed E-state index contributed by atoms with van der Waals surface area (Å²) in [5.74, 6) is 1.04. The first-order valence-electron chi connectivity index (χ1n) is 9.60. The second-order valence-electron chi connectivity index (χ2n) is 7.10. The van der Waals surface area contributed by atoms with E-state index >= 15 is 0 Å². The zero-order valence-electron chi connectivity index (χ0n) is 15.9. The topological polar surface area (TPSA) is 85.7 Å². The fraction of sp³-hybridized carbons (Fsp3) is 0.286. The lowest BCUT2D eigenvalue weighted by Gasteiger charge is -2.17. The Morgan fingerprint density at radius 2 is 2.03 bits per heavy atom. The molecule has 0 radical (unpaired) electrons. The number of nitrogens with one attached hydrogen (secondary N) is 1. The minimum atomic E-state index is -0.446. The predicted octanol–water partition coefficient (Wildman–Crippen LogP) is 2.78. The molecule has 0 spiro atoms.